The normalized spacial score (nSPS) is 19.4. The number of rotatable bonds is 1. The number of aromatic nitrogens is 2. The topological polar surface area (TPSA) is 34.9 Å². The lowest BCUT2D eigenvalue weighted by Gasteiger charge is -2.17. The lowest BCUT2D eigenvalue weighted by Crippen LogP contribution is -2.35. The summed E-state index contributed by atoms with van der Waals surface area (Å²) in [7, 11) is 0. The van der Waals surface area contributed by atoms with Gasteiger partial charge in [0.25, 0.3) is 0 Å². The molecule has 1 heterocycles. The highest BCUT2D eigenvalue weighted by Crippen LogP contribution is 2.58. The van der Waals surface area contributed by atoms with Crippen LogP contribution in [-0.4, -0.2) is 21.6 Å². The Hall–Kier alpha value is -1.33. The maximum absolute atomic E-state index is 12.5. The molecule has 6 heteroatoms. The van der Waals surface area contributed by atoms with Crippen molar-refractivity contribution in [2.75, 3.05) is 0 Å². The Bertz CT molecular complexity index is 351. The van der Waals surface area contributed by atoms with E-state index in [2.05, 4.69) is 4.98 Å². The van der Waals surface area contributed by atoms with Crippen LogP contribution in [0.3, 0.4) is 0 Å². The van der Waals surface area contributed by atoms with Gasteiger partial charge in [0.05, 0.1) is 0 Å². The number of imidazole rings is 1. The van der Waals surface area contributed by atoms with E-state index in [4.69, 9.17) is 0 Å². The molecule has 1 aliphatic carbocycles. The van der Waals surface area contributed by atoms with Crippen LogP contribution in [0.25, 0.3) is 0 Å². The van der Waals surface area contributed by atoms with Crippen LogP contribution in [0.15, 0.2) is 18.7 Å². The number of hydrogen-bond acceptors (Lipinski definition) is 2. The Morgan fingerprint density at radius 2 is 2.07 bits per heavy atom. The van der Waals surface area contributed by atoms with E-state index in [1.807, 2.05) is 0 Å². The standard InChI is InChI=1S/C8H7F3N2O/c9-8(10,11)7(1-2-7)6(14)13-4-3-12-5-13/h3-5H,1-2H2. The summed E-state index contributed by atoms with van der Waals surface area (Å²) in [5.41, 5.74) is -2.15. The molecule has 0 radical (unpaired) electrons. The van der Waals surface area contributed by atoms with Gasteiger partial charge >= 0.3 is 6.18 Å². The molecule has 0 spiro atoms. The maximum atomic E-state index is 12.5. The van der Waals surface area contributed by atoms with Crippen LogP contribution in [0.5, 0.6) is 0 Å². The number of hydrogen-bond donors (Lipinski definition) is 0. The van der Waals surface area contributed by atoms with E-state index in [-0.39, 0.29) is 12.8 Å². The highest BCUT2D eigenvalue weighted by molar-refractivity contribution is 5.88. The molecule has 0 unspecified atom stereocenters. The zero-order chi connectivity index (χ0) is 10.4. The summed E-state index contributed by atoms with van der Waals surface area (Å²) in [5, 5.41) is 0. The molecule has 76 valence electrons. The van der Waals surface area contributed by atoms with Crippen molar-refractivity contribution in [1.29, 1.82) is 0 Å². The molecular weight excluding hydrogens is 197 g/mol. The van der Waals surface area contributed by atoms with Gasteiger partial charge < -0.3 is 0 Å². The largest absolute Gasteiger partial charge is 0.403 e. The van der Waals surface area contributed by atoms with Gasteiger partial charge in [-0.05, 0) is 12.8 Å². The quantitative estimate of drug-likeness (QED) is 0.699. The number of nitrogens with zero attached hydrogens (tertiary/aromatic N) is 2. The van der Waals surface area contributed by atoms with E-state index in [1.54, 1.807) is 0 Å². The molecule has 3 nitrogen and oxygen atoms in total. The van der Waals surface area contributed by atoms with Gasteiger partial charge in [-0.25, -0.2) is 4.98 Å². The Morgan fingerprint density at radius 1 is 1.43 bits per heavy atom. The van der Waals surface area contributed by atoms with Gasteiger partial charge in [-0.15, -0.1) is 0 Å². The van der Waals surface area contributed by atoms with E-state index in [0.29, 0.717) is 0 Å². The Morgan fingerprint density at radius 3 is 2.43 bits per heavy atom. The van der Waals surface area contributed by atoms with Crippen LogP contribution in [0.4, 0.5) is 13.2 Å². The zero-order valence-electron chi connectivity index (χ0n) is 7.08. The van der Waals surface area contributed by atoms with Gasteiger partial charge in [0.1, 0.15) is 11.7 Å². The Kier molecular flexibility index (Phi) is 1.71. The number of carbonyl (C=O) groups is 1. The third-order valence-electron chi connectivity index (χ3n) is 2.44. The van der Waals surface area contributed by atoms with Crippen molar-refractivity contribution in [3.8, 4) is 0 Å². The van der Waals surface area contributed by atoms with E-state index in [0.717, 1.165) is 10.9 Å². The van der Waals surface area contributed by atoms with E-state index >= 15 is 0 Å². The van der Waals surface area contributed by atoms with Gasteiger partial charge in [0.2, 0.25) is 5.91 Å². The minimum atomic E-state index is -4.45. The van der Waals surface area contributed by atoms with Gasteiger partial charge in [0.15, 0.2) is 0 Å². The minimum Gasteiger partial charge on any atom is -0.276 e. The second-order valence-corrected chi connectivity index (χ2v) is 3.35. The first-order valence-corrected chi connectivity index (χ1v) is 4.07. The summed E-state index contributed by atoms with van der Waals surface area (Å²) >= 11 is 0. The van der Waals surface area contributed by atoms with Gasteiger partial charge in [-0.3, -0.25) is 9.36 Å². The van der Waals surface area contributed by atoms with Crippen LogP contribution >= 0.6 is 0 Å². The summed E-state index contributed by atoms with van der Waals surface area (Å²) in [6.45, 7) is 0. The predicted molar refractivity (Wildman–Crippen MR) is 40.6 cm³/mol. The smallest absolute Gasteiger partial charge is 0.276 e. The molecule has 0 amide bonds. The molecule has 0 aromatic carbocycles. The van der Waals surface area contributed by atoms with Gasteiger partial charge in [0, 0.05) is 12.4 Å². The summed E-state index contributed by atoms with van der Waals surface area (Å²) in [6, 6.07) is 0. The molecule has 0 saturated heterocycles. The van der Waals surface area contributed by atoms with Crippen molar-refractivity contribution < 1.29 is 18.0 Å². The SMILES string of the molecule is O=C(n1ccnc1)C1(C(F)(F)F)CC1. The zero-order valence-corrected chi connectivity index (χ0v) is 7.08. The second kappa shape index (κ2) is 2.59. The fraction of sp³-hybridized carbons (Fsp3) is 0.500. The van der Waals surface area contributed by atoms with Crippen LogP contribution in [-0.2, 0) is 0 Å². The molecule has 1 aliphatic rings. The molecule has 1 aromatic heterocycles. The monoisotopic (exact) mass is 204 g/mol. The van der Waals surface area contributed by atoms with Crippen molar-refractivity contribution in [2.45, 2.75) is 19.0 Å². The first kappa shape index (κ1) is 9.23. The highest BCUT2D eigenvalue weighted by Gasteiger charge is 2.68. The van der Waals surface area contributed by atoms with E-state index in [1.165, 1.54) is 12.4 Å². The number of alkyl halides is 3. The van der Waals surface area contributed by atoms with Crippen molar-refractivity contribution in [2.24, 2.45) is 5.41 Å². The summed E-state index contributed by atoms with van der Waals surface area (Å²) in [4.78, 5) is 15.0. The highest BCUT2D eigenvalue weighted by atomic mass is 19.4. The molecule has 0 atom stereocenters. The summed E-state index contributed by atoms with van der Waals surface area (Å²) < 4.78 is 38.3. The average Bonchev–Trinajstić information content (AvgIpc) is 2.73. The first-order valence-electron chi connectivity index (χ1n) is 4.07. The molecule has 0 N–H and O–H groups in total. The fourth-order valence-electron chi connectivity index (χ4n) is 1.37. The first-order chi connectivity index (χ1) is 6.47. The Labute approximate surface area is 77.5 Å². The minimum absolute atomic E-state index is 0.118. The fourth-order valence-corrected chi connectivity index (χ4v) is 1.37. The molecule has 2 rings (SSSR count). The van der Waals surface area contributed by atoms with Crippen LogP contribution in [0.2, 0.25) is 0 Å². The molecule has 1 fully saturated rings. The maximum Gasteiger partial charge on any atom is 0.403 e. The van der Waals surface area contributed by atoms with Crippen molar-refractivity contribution >= 4 is 5.91 Å². The Balaban J connectivity index is 2.29. The lowest BCUT2D eigenvalue weighted by atomic mass is 10.1. The third-order valence-corrected chi connectivity index (χ3v) is 2.44. The molecule has 1 saturated carbocycles. The average molecular weight is 204 g/mol. The number of carbonyl (C=O) groups excluding carboxylic acids is 1. The lowest BCUT2D eigenvalue weighted by molar-refractivity contribution is -0.172. The van der Waals surface area contributed by atoms with Gasteiger partial charge in [-0.1, -0.05) is 0 Å². The molecule has 0 bridgehead atoms. The molecule has 14 heavy (non-hydrogen) atoms. The van der Waals surface area contributed by atoms with Crippen molar-refractivity contribution in [3.63, 3.8) is 0 Å². The summed E-state index contributed by atoms with van der Waals surface area (Å²) in [5.74, 6) is -0.928. The van der Waals surface area contributed by atoms with Gasteiger partial charge in [-0.2, -0.15) is 13.2 Å². The number of halogens is 3. The van der Waals surface area contributed by atoms with Crippen LogP contribution in [0.1, 0.15) is 17.6 Å². The van der Waals surface area contributed by atoms with Crippen LogP contribution in [0, 0.1) is 5.41 Å². The van der Waals surface area contributed by atoms with Crippen molar-refractivity contribution in [1.82, 2.24) is 9.55 Å². The van der Waals surface area contributed by atoms with Crippen molar-refractivity contribution in [3.05, 3.63) is 18.7 Å². The predicted octanol–water partition coefficient (Wildman–Crippen LogP) is 1.87. The molecule has 1 aromatic rings. The summed E-state index contributed by atoms with van der Waals surface area (Å²) in [6.07, 6.45) is -1.08. The molecule has 0 aliphatic heterocycles. The van der Waals surface area contributed by atoms with Crippen LogP contribution < -0.4 is 0 Å². The molecular formula is C8H7F3N2O. The van der Waals surface area contributed by atoms with E-state index in [9.17, 15) is 18.0 Å². The third kappa shape index (κ3) is 1.13. The van der Waals surface area contributed by atoms with E-state index < -0.39 is 17.5 Å². The second-order valence-electron chi connectivity index (χ2n) is 3.35.